The first-order valence-corrected chi connectivity index (χ1v) is 11.5. The summed E-state index contributed by atoms with van der Waals surface area (Å²) in [4.78, 5) is 28.5. The second-order valence-corrected chi connectivity index (χ2v) is 8.75. The average Bonchev–Trinajstić information content (AvgIpc) is 3.39. The van der Waals surface area contributed by atoms with Gasteiger partial charge in [0.05, 0.1) is 23.6 Å². The van der Waals surface area contributed by atoms with Gasteiger partial charge >= 0.3 is 0 Å². The molecule has 6 nitrogen and oxygen atoms in total. The fourth-order valence-corrected chi connectivity index (χ4v) is 5.35. The van der Waals surface area contributed by atoms with E-state index >= 15 is 0 Å². The lowest BCUT2D eigenvalue weighted by atomic mass is 10.0. The summed E-state index contributed by atoms with van der Waals surface area (Å²) < 4.78 is 7.61. The predicted molar refractivity (Wildman–Crippen MR) is 124 cm³/mol. The normalized spacial score (nSPS) is 16.1. The van der Waals surface area contributed by atoms with Gasteiger partial charge in [-0.3, -0.25) is 9.59 Å². The van der Waals surface area contributed by atoms with Crippen LogP contribution in [0.15, 0.2) is 82.4 Å². The maximum Gasteiger partial charge on any atom is 0.247 e. The number of carbonyl (C=O) groups is 2. The van der Waals surface area contributed by atoms with Crippen molar-refractivity contribution in [3.05, 3.63) is 89.9 Å². The summed E-state index contributed by atoms with van der Waals surface area (Å²) in [5.41, 5.74) is 2.92. The summed E-state index contributed by atoms with van der Waals surface area (Å²) in [5.74, 6) is 0.619. The molecule has 3 heterocycles. The molecule has 0 bridgehead atoms. The number of nitrogens with zero attached hydrogens (tertiary/aromatic N) is 2. The Morgan fingerprint density at radius 3 is 2.66 bits per heavy atom. The number of aromatic nitrogens is 1. The maximum absolute atomic E-state index is 13.7. The quantitative estimate of drug-likeness (QED) is 0.498. The van der Waals surface area contributed by atoms with Gasteiger partial charge in [0.1, 0.15) is 11.8 Å². The van der Waals surface area contributed by atoms with Crippen LogP contribution in [-0.2, 0) is 29.7 Å². The Hall–Kier alpha value is -3.45. The molecule has 2 aromatic heterocycles. The highest BCUT2D eigenvalue weighted by Gasteiger charge is 2.39. The molecule has 162 valence electrons. The summed E-state index contributed by atoms with van der Waals surface area (Å²) in [6.45, 7) is 0.630. The lowest BCUT2D eigenvalue weighted by molar-refractivity contribution is -0.139. The molecule has 0 unspecified atom stereocenters. The molecular weight excluding hydrogens is 422 g/mol. The van der Waals surface area contributed by atoms with Gasteiger partial charge in [-0.25, -0.2) is 0 Å². The molecule has 32 heavy (non-hydrogen) atoms. The fourth-order valence-electron chi connectivity index (χ4n) is 4.26. The maximum atomic E-state index is 13.7. The van der Waals surface area contributed by atoms with E-state index in [2.05, 4.69) is 9.88 Å². The van der Waals surface area contributed by atoms with E-state index in [0.29, 0.717) is 12.3 Å². The topological polar surface area (TPSA) is 67.5 Å². The van der Waals surface area contributed by atoms with E-state index in [0.717, 1.165) is 27.1 Å². The molecule has 0 saturated heterocycles. The molecule has 0 fully saturated rings. The molecule has 0 saturated carbocycles. The number of carbonyl (C=O) groups excluding carboxylic acids is 2. The van der Waals surface area contributed by atoms with Gasteiger partial charge in [-0.1, -0.05) is 60.3 Å². The first-order chi connectivity index (χ1) is 15.6. The van der Waals surface area contributed by atoms with Crippen molar-refractivity contribution in [3.8, 4) is 0 Å². The summed E-state index contributed by atoms with van der Waals surface area (Å²) in [5, 5.41) is 4.99. The number of amides is 2. The number of para-hydroxylation sites is 1. The molecule has 1 atom stereocenters. The van der Waals surface area contributed by atoms with Crippen molar-refractivity contribution < 1.29 is 14.0 Å². The number of hydrogen-bond acceptors (Lipinski definition) is 4. The lowest BCUT2D eigenvalue weighted by Gasteiger charge is -2.29. The molecule has 1 N–H and O–H groups in total. The second-order valence-electron chi connectivity index (χ2n) is 7.79. The van der Waals surface area contributed by atoms with Gasteiger partial charge in [-0.2, -0.15) is 0 Å². The van der Waals surface area contributed by atoms with Crippen molar-refractivity contribution in [2.45, 2.75) is 24.2 Å². The third-order valence-corrected chi connectivity index (χ3v) is 6.95. The zero-order valence-electron chi connectivity index (χ0n) is 17.7. The van der Waals surface area contributed by atoms with Crippen LogP contribution < -0.4 is 5.32 Å². The number of fused-ring (bicyclic) bond motifs is 3. The number of rotatable bonds is 5. The molecule has 2 amide bonds. The van der Waals surface area contributed by atoms with Gasteiger partial charge in [-0.15, -0.1) is 0 Å². The number of thioether (sulfide) groups is 1. The second kappa shape index (κ2) is 8.59. The monoisotopic (exact) mass is 445 g/mol. The Morgan fingerprint density at radius 2 is 1.88 bits per heavy atom. The van der Waals surface area contributed by atoms with Crippen molar-refractivity contribution in [2.75, 3.05) is 5.75 Å². The summed E-state index contributed by atoms with van der Waals surface area (Å²) in [6.07, 6.45) is 1.58. The molecule has 0 aliphatic carbocycles. The van der Waals surface area contributed by atoms with Crippen LogP contribution in [0.2, 0.25) is 0 Å². The Kier molecular flexibility index (Phi) is 5.49. The molecular formula is C25H23N3O3S. The van der Waals surface area contributed by atoms with Crippen molar-refractivity contribution in [1.29, 1.82) is 0 Å². The highest BCUT2D eigenvalue weighted by atomic mass is 32.2. The third-order valence-electron chi connectivity index (χ3n) is 5.79. The Balaban J connectivity index is 1.59. The van der Waals surface area contributed by atoms with Gasteiger partial charge in [0.25, 0.3) is 0 Å². The Bertz CT molecular complexity index is 1260. The van der Waals surface area contributed by atoms with Crippen LogP contribution in [0.1, 0.15) is 22.9 Å². The molecule has 5 rings (SSSR count). The van der Waals surface area contributed by atoms with E-state index in [1.54, 1.807) is 17.2 Å². The first kappa shape index (κ1) is 20.5. The fraction of sp³-hybridized carbons (Fsp3) is 0.200. The molecule has 0 spiro atoms. The Morgan fingerprint density at radius 1 is 1.09 bits per heavy atom. The lowest BCUT2D eigenvalue weighted by Crippen LogP contribution is -2.43. The zero-order chi connectivity index (χ0) is 22.1. The average molecular weight is 446 g/mol. The van der Waals surface area contributed by atoms with Crippen LogP contribution in [0.3, 0.4) is 0 Å². The van der Waals surface area contributed by atoms with Gasteiger partial charge in [-0.05, 0) is 23.8 Å². The van der Waals surface area contributed by atoms with Crippen LogP contribution in [0, 0.1) is 0 Å². The number of hydrogen-bond donors (Lipinski definition) is 1. The van der Waals surface area contributed by atoms with E-state index < -0.39 is 6.04 Å². The van der Waals surface area contributed by atoms with Crippen LogP contribution >= 0.6 is 11.8 Å². The Labute approximate surface area is 190 Å². The first-order valence-electron chi connectivity index (χ1n) is 10.5. The van der Waals surface area contributed by atoms with Gasteiger partial charge in [0.2, 0.25) is 11.8 Å². The van der Waals surface area contributed by atoms with Gasteiger partial charge in [0, 0.05) is 30.1 Å². The molecule has 1 aliphatic rings. The van der Waals surface area contributed by atoms with Crippen molar-refractivity contribution in [2.24, 2.45) is 7.05 Å². The summed E-state index contributed by atoms with van der Waals surface area (Å²) >= 11 is 1.48. The van der Waals surface area contributed by atoms with E-state index in [4.69, 9.17) is 4.42 Å². The summed E-state index contributed by atoms with van der Waals surface area (Å²) in [7, 11) is 1.99. The van der Waals surface area contributed by atoms with Crippen molar-refractivity contribution in [3.63, 3.8) is 0 Å². The zero-order valence-corrected chi connectivity index (χ0v) is 18.5. The molecule has 4 aromatic rings. The molecule has 1 aliphatic heterocycles. The third kappa shape index (κ3) is 3.69. The molecule has 7 heteroatoms. The minimum atomic E-state index is -0.757. The number of nitrogens with one attached hydrogen (secondary N) is 1. The van der Waals surface area contributed by atoms with E-state index in [-0.39, 0.29) is 24.1 Å². The van der Waals surface area contributed by atoms with E-state index in [1.807, 2.05) is 67.7 Å². The van der Waals surface area contributed by atoms with E-state index in [1.165, 1.54) is 11.8 Å². The highest BCUT2D eigenvalue weighted by Crippen LogP contribution is 2.42. The number of benzene rings is 2. The minimum Gasteiger partial charge on any atom is -0.467 e. The summed E-state index contributed by atoms with van der Waals surface area (Å²) in [6, 6.07) is 20.7. The van der Waals surface area contributed by atoms with Gasteiger partial charge < -0.3 is 19.2 Å². The van der Waals surface area contributed by atoms with Crippen LogP contribution in [0.25, 0.3) is 10.9 Å². The van der Waals surface area contributed by atoms with Crippen molar-refractivity contribution in [1.82, 2.24) is 14.8 Å². The predicted octanol–water partition coefficient (Wildman–Crippen LogP) is 4.26. The van der Waals surface area contributed by atoms with Crippen molar-refractivity contribution >= 4 is 34.5 Å². The van der Waals surface area contributed by atoms with E-state index in [9.17, 15) is 9.59 Å². The molecule has 2 aromatic carbocycles. The standard InChI is InChI=1S/C25H23N3O3S/c1-27-20-12-6-5-11-19(20)22-23(24(30)26-14-17-8-3-2-4-9-17)28(15-18-10-7-13-31-18)21(29)16-32-25(22)27/h2-13,23H,14-16H2,1H3,(H,26,30)/t23-/m1/s1. The van der Waals surface area contributed by atoms with Crippen LogP contribution in [0.4, 0.5) is 0 Å². The largest absolute Gasteiger partial charge is 0.467 e. The SMILES string of the molecule is Cn1c2c(c3ccccc31)[C@H](C(=O)NCc1ccccc1)N(Cc1ccco1)C(=O)CS2. The molecule has 0 radical (unpaired) electrons. The van der Waals surface area contributed by atoms with Crippen LogP contribution in [-0.4, -0.2) is 27.0 Å². The smallest absolute Gasteiger partial charge is 0.247 e. The number of furan rings is 1. The highest BCUT2D eigenvalue weighted by molar-refractivity contribution is 8.00. The van der Waals surface area contributed by atoms with Crippen LogP contribution in [0.5, 0.6) is 0 Å². The number of aryl methyl sites for hydroxylation is 1. The minimum absolute atomic E-state index is 0.0912. The van der Waals surface area contributed by atoms with Gasteiger partial charge in [0.15, 0.2) is 0 Å².